The molecule has 0 radical (unpaired) electrons. The highest BCUT2D eigenvalue weighted by Crippen LogP contribution is 2.36. The lowest BCUT2D eigenvalue weighted by atomic mass is 9.84. The monoisotopic (exact) mass is 321 g/mol. The zero-order chi connectivity index (χ0) is 16.4. The molecule has 0 spiro atoms. The van der Waals surface area contributed by atoms with E-state index in [1.165, 1.54) is 36.8 Å². The number of hydrogen-bond donors (Lipinski definition) is 1. The molecular weight excluding hydrogens is 294 g/mol. The Balaban J connectivity index is 1.53. The van der Waals surface area contributed by atoms with Crippen molar-refractivity contribution in [2.45, 2.75) is 50.2 Å². The van der Waals surface area contributed by atoms with Crippen LogP contribution in [0.1, 0.15) is 44.1 Å². The van der Waals surface area contributed by atoms with Crippen LogP contribution in [-0.4, -0.2) is 29.1 Å². The molecule has 1 saturated heterocycles. The summed E-state index contributed by atoms with van der Waals surface area (Å²) in [6.07, 6.45) is 7.29. The number of aliphatic hydroxyl groups is 1. The van der Waals surface area contributed by atoms with Gasteiger partial charge in [0.2, 0.25) is 0 Å². The van der Waals surface area contributed by atoms with Crippen molar-refractivity contribution >= 4 is 0 Å². The minimum atomic E-state index is -0.684. The summed E-state index contributed by atoms with van der Waals surface area (Å²) < 4.78 is 0. The number of nitrogens with zero attached hydrogens (tertiary/aromatic N) is 1. The summed E-state index contributed by atoms with van der Waals surface area (Å²) in [5.74, 6) is 0. The smallest absolute Gasteiger partial charge is 0.102 e. The summed E-state index contributed by atoms with van der Waals surface area (Å²) in [6, 6.07) is 19.7. The summed E-state index contributed by atoms with van der Waals surface area (Å²) in [4.78, 5) is 2.54. The van der Waals surface area contributed by atoms with Crippen molar-refractivity contribution in [3.63, 3.8) is 0 Å². The Morgan fingerprint density at radius 3 is 2.21 bits per heavy atom. The summed E-state index contributed by atoms with van der Waals surface area (Å²) in [5.41, 5.74) is 2.83. The van der Waals surface area contributed by atoms with Gasteiger partial charge in [0, 0.05) is 12.6 Å². The lowest BCUT2D eigenvalue weighted by Gasteiger charge is -2.42. The van der Waals surface area contributed by atoms with Crippen molar-refractivity contribution in [3.8, 4) is 11.1 Å². The van der Waals surface area contributed by atoms with Crippen molar-refractivity contribution in [1.29, 1.82) is 0 Å². The lowest BCUT2D eigenvalue weighted by molar-refractivity contribution is -0.0478. The molecule has 2 aromatic carbocycles. The van der Waals surface area contributed by atoms with Crippen LogP contribution in [0.2, 0.25) is 0 Å². The Hall–Kier alpha value is -1.64. The van der Waals surface area contributed by atoms with Crippen molar-refractivity contribution in [3.05, 3.63) is 60.2 Å². The van der Waals surface area contributed by atoms with Crippen LogP contribution >= 0.6 is 0 Å². The van der Waals surface area contributed by atoms with Crippen molar-refractivity contribution in [2.24, 2.45) is 0 Å². The van der Waals surface area contributed by atoms with Gasteiger partial charge in [-0.3, -0.25) is 4.90 Å². The van der Waals surface area contributed by atoms with Crippen molar-refractivity contribution in [1.82, 2.24) is 4.90 Å². The highest BCUT2D eigenvalue weighted by atomic mass is 16.3. The van der Waals surface area contributed by atoms with Crippen LogP contribution in [0, 0.1) is 0 Å². The second-order valence-electron chi connectivity index (χ2n) is 7.49. The SMILES string of the molecule is O[C@]1(c2ccc(-c3ccccc3)cc2)CCCN(C2CCCC2)C1. The Morgan fingerprint density at radius 1 is 0.833 bits per heavy atom. The fraction of sp³-hybridized carbons (Fsp3) is 0.455. The Bertz CT molecular complexity index is 660. The third-order valence-electron chi connectivity index (χ3n) is 5.87. The van der Waals surface area contributed by atoms with E-state index >= 15 is 0 Å². The van der Waals surface area contributed by atoms with E-state index in [2.05, 4.69) is 53.4 Å². The van der Waals surface area contributed by atoms with Gasteiger partial charge in [-0.05, 0) is 48.9 Å². The van der Waals surface area contributed by atoms with E-state index in [9.17, 15) is 5.11 Å². The maximum Gasteiger partial charge on any atom is 0.102 e. The Labute approximate surface area is 145 Å². The van der Waals surface area contributed by atoms with Crippen LogP contribution in [0.25, 0.3) is 11.1 Å². The molecule has 2 aromatic rings. The lowest BCUT2D eigenvalue weighted by Crippen LogP contribution is -2.49. The number of hydrogen-bond acceptors (Lipinski definition) is 2. The first-order chi connectivity index (χ1) is 11.7. The molecule has 1 aliphatic heterocycles. The molecule has 0 aromatic heterocycles. The highest BCUT2D eigenvalue weighted by Gasteiger charge is 2.37. The number of rotatable bonds is 3. The van der Waals surface area contributed by atoms with Gasteiger partial charge in [-0.2, -0.15) is 0 Å². The minimum absolute atomic E-state index is 0.684. The molecule has 1 saturated carbocycles. The zero-order valence-electron chi connectivity index (χ0n) is 14.3. The summed E-state index contributed by atoms with van der Waals surface area (Å²) in [5, 5.41) is 11.3. The van der Waals surface area contributed by atoms with Gasteiger partial charge in [-0.25, -0.2) is 0 Å². The Morgan fingerprint density at radius 2 is 1.50 bits per heavy atom. The van der Waals surface area contributed by atoms with Crippen molar-refractivity contribution < 1.29 is 5.11 Å². The quantitative estimate of drug-likeness (QED) is 0.894. The maximum atomic E-state index is 11.3. The number of benzene rings is 2. The average molecular weight is 321 g/mol. The average Bonchev–Trinajstić information content (AvgIpc) is 3.17. The molecule has 1 atom stereocenters. The molecule has 24 heavy (non-hydrogen) atoms. The summed E-state index contributed by atoms with van der Waals surface area (Å²) >= 11 is 0. The van der Waals surface area contributed by atoms with Gasteiger partial charge in [0.05, 0.1) is 0 Å². The molecule has 1 aliphatic carbocycles. The first-order valence-corrected chi connectivity index (χ1v) is 9.37. The first kappa shape index (κ1) is 15.9. The molecule has 0 unspecified atom stereocenters. The third-order valence-corrected chi connectivity index (χ3v) is 5.87. The standard InChI is InChI=1S/C22H27NO/c24-22(15-6-16-23(17-22)21-9-4-5-10-21)20-13-11-19(12-14-20)18-7-2-1-3-8-18/h1-3,7-8,11-14,21,24H,4-6,9-10,15-17H2/t22-/m1/s1. The van der Waals surface area contributed by atoms with Crippen LogP contribution in [0.4, 0.5) is 0 Å². The fourth-order valence-electron chi connectivity index (χ4n) is 4.49. The van der Waals surface area contributed by atoms with Crippen LogP contribution in [0.3, 0.4) is 0 Å². The molecule has 0 bridgehead atoms. The fourth-order valence-corrected chi connectivity index (χ4v) is 4.49. The van der Waals surface area contributed by atoms with Gasteiger partial charge >= 0.3 is 0 Å². The largest absolute Gasteiger partial charge is 0.384 e. The maximum absolute atomic E-state index is 11.3. The topological polar surface area (TPSA) is 23.5 Å². The number of likely N-dealkylation sites (tertiary alicyclic amines) is 1. The number of piperidine rings is 1. The van der Waals surface area contributed by atoms with Gasteiger partial charge in [-0.1, -0.05) is 67.4 Å². The molecule has 126 valence electrons. The van der Waals surface area contributed by atoms with Gasteiger partial charge in [-0.15, -0.1) is 0 Å². The molecule has 2 nitrogen and oxygen atoms in total. The van der Waals surface area contributed by atoms with Crippen LogP contribution in [-0.2, 0) is 5.60 Å². The zero-order valence-corrected chi connectivity index (χ0v) is 14.3. The van der Waals surface area contributed by atoms with E-state index in [-0.39, 0.29) is 0 Å². The molecule has 2 aliphatic rings. The molecule has 1 heterocycles. The van der Waals surface area contributed by atoms with E-state index in [1.54, 1.807) is 0 Å². The molecule has 4 rings (SSSR count). The van der Waals surface area contributed by atoms with Gasteiger partial charge < -0.3 is 5.11 Å². The Kier molecular flexibility index (Phi) is 4.43. The second kappa shape index (κ2) is 6.70. The molecule has 2 fully saturated rings. The minimum Gasteiger partial charge on any atom is -0.384 e. The van der Waals surface area contributed by atoms with Crippen LogP contribution < -0.4 is 0 Å². The molecule has 2 heteroatoms. The predicted molar refractivity (Wildman–Crippen MR) is 98.8 cm³/mol. The number of β-amino-alcohol motifs (C(OH)–C–C–N with tert-alkyl or cyclic N) is 1. The molecular formula is C22H27NO. The normalized spacial score (nSPS) is 25.9. The van der Waals surface area contributed by atoms with E-state index in [1.807, 2.05) is 6.07 Å². The first-order valence-electron chi connectivity index (χ1n) is 9.37. The van der Waals surface area contributed by atoms with E-state index in [4.69, 9.17) is 0 Å². The molecule has 0 amide bonds. The van der Waals surface area contributed by atoms with E-state index in [0.29, 0.717) is 6.04 Å². The van der Waals surface area contributed by atoms with Crippen LogP contribution in [0.5, 0.6) is 0 Å². The predicted octanol–water partition coefficient (Wildman–Crippen LogP) is 4.58. The third kappa shape index (κ3) is 3.13. The van der Waals surface area contributed by atoms with Gasteiger partial charge in [0.25, 0.3) is 0 Å². The molecule has 1 N–H and O–H groups in total. The van der Waals surface area contributed by atoms with Gasteiger partial charge in [0.15, 0.2) is 0 Å². The van der Waals surface area contributed by atoms with Gasteiger partial charge in [0.1, 0.15) is 5.60 Å². The second-order valence-corrected chi connectivity index (χ2v) is 7.49. The summed E-state index contributed by atoms with van der Waals surface area (Å²) in [6.45, 7) is 1.94. The van der Waals surface area contributed by atoms with Crippen molar-refractivity contribution in [2.75, 3.05) is 13.1 Å². The van der Waals surface area contributed by atoms with Crippen LogP contribution in [0.15, 0.2) is 54.6 Å². The van der Waals surface area contributed by atoms with E-state index in [0.717, 1.165) is 31.5 Å². The summed E-state index contributed by atoms with van der Waals surface area (Å²) in [7, 11) is 0. The van der Waals surface area contributed by atoms with E-state index < -0.39 is 5.60 Å². The highest BCUT2D eigenvalue weighted by molar-refractivity contribution is 5.63.